The zero-order chi connectivity index (χ0) is 18.2. The predicted molar refractivity (Wildman–Crippen MR) is 87.3 cm³/mol. The number of nitrogens with zero attached hydrogens (tertiary/aromatic N) is 2. The van der Waals surface area contributed by atoms with Crippen LogP contribution in [0.1, 0.15) is 33.1 Å². The van der Waals surface area contributed by atoms with Gasteiger partial charge in [-0.15, -0.1) is 0 Å². The molecule has 25 heavy (non-hydrogen) atoms. The Kier molecular flexibility index (Phi) is 7.05. The van der Waals surface area contributed by atoms with Crippen molar-refractivity contribution in [3.8, 4) is 0 Å². The van der Waals surface area contributed by atoms with Crippen LogP contribution in [0.15, 0.2) is 11.4 Å². The Balaban J connectivity index is 2.36. The van der Waals surface area contributed by atoms with E-state index in [0.29, 0.717) is 45.6 Å². The summed E-state index contributed by atoms with van der Waals surface area (Å²) in [6.45, 7) is 5.93. The molecule has 1 saturated heterocycles. The second-order valence-corrected chi connectivity index (χ2v) is 5.54. The van der Waals surface area contributed by atoms with Crippen molar-refractivity contribution in [2.45, 2.75) is 33.1 Å². The van der Waals surface area contributed by atoms with Crippen molar-refractivity contribution >= 4 is 18.0 Å². The fraction of sp³-hybridized carbons (Fsp3) is 0.688. The monoisotopic (exact) mass is 355 g/mol. The third-order valence-corrected chi connectivity index (χ3v) is 3.90. The highest BCUT2D eigenvalue weighted by Crippen LogP contribution is 2.28. The average Bonchev–Trinajstić information content (AvgIpc) is 2.61. The molecular weight excluding hydrogens is 330 g/mol. The molecule has 9 nitrogen and oxygen atoms in total. The van der Waals surface area contributed by atoms with Gasteiger partial charge in [0.25, 0.3) is 0 Å². The number of nitrogens with one attached hydrogen (secondary N) is 1. The largest absolute Gasteiger partial charge is 0.449 e. The SMILES string of the molecule is CCOC(=O)NN(C(=O)OCC)C1=C(N2CCOCC2)CCCC1=O. The number of rotatable bonds is 4. The third kappa shape index (κ3) is 4.85. The Bertz CT molecular complexity index is 542. The summed E-state index contributed by atoms with van der Waals surface area (Å²) in [5.74, 6) is -0.211. The lowest BCUT2D eigenvalue weighted by molar-refractivity contribution is -0.118. The maximum absolute atomic E-state index is 12.6. The molecule has 2 amide bonds. The first-order chi connectivity index (χ1) is 12.1. The summed E-state index contributed by atoms with van der Waals surface area (Å²) < 4.78 is 15.2. The van der Waals surface area contributed by atoms with Gasteiger partial charge in [-0.3, -0.25) is 4.79 Å². The molecule has 0 bridgehead atoms. The number of ketones is 1. The van der Waals surface area contributed by atoms with Crippen molar-refractivity contribution in [2.24, 2.45) is 0 Å². The van der Waals surface area contributed by atoms with E-state index in [1.807, 2.05) is 4.90 Å². The molecule has 1 aliphatic heterocycles. The molecule has 1 heterocycles. The molecular formula is C16H25N3O6. The number of Topliss-reactive ketones (excluding diaryl/α,β-unsaturated/α-hetero) is 1. The highest BCUT2D eigenvalue weighted by atomic mass is 16.6. The quantitative estimate of drug-likeness (QED) is 0.761. The second-order valence-electron chi connectivity index (χ2n) is 5.54. The Labute approximate surface area is 146 Å². The number of hydrazine groups is 1. The van der Waals surface area contributed by atoms with Crippen molar-refractivity contribution in [1.29, 1.82) is 0 Å². The molecule has 1 fully saturated rings. The normalized spacial score (nSPS) is 18.0. The van der Waals surface area contributed by atoms with Gasteiger partial charge in [0.1, 0.15) is 5.70 Å². The fourth-order valence-corrected chi connectivity index (χ4v) is 2.84. The number of carbonyl (C=O) groups excluding carboxylic acids is 3. The van der Waals surface area contributed by atoms with Gasteiger partial charge in [0.15, 0.2) is 5.78 Å². The third-order valence-electron chi connectivity index (χ3n) is 3.90. The molecule has 1 aliphatic carbocycles. The fourth-order valence-electron chi connectivity index (χ4n) is 2.84. The highest BCUT2D eigenvalue weighted by molar-refractivity contribution is 5.99. The van der Waals surface area contributed by atoms with E-state index in [1.165, 1.54) is 0 Å². The van der Waals surface area contributed by atoms with E-state index in [0.717, 1.165) is 10.7 Å². The molecule has 0 aromatic rings. The molecule has 0 spiro atoms. The van der Waals surface area contributed by atoms with Crippen molar-refractivity contribution in [3.63, 3.8) is 0 Å². The van der Waals surface area contributed by atoms with Gasteiger partial charge >= 0.3 is 12.2 Å². The highest BCUT2D eigenvalue weighted by Gasteiger charge is 2.34. The number of amides is 2. The Morgan fingerprint density at radius 1 is 1.16 bits per heavy atom. The van der Waals surface area contributed by atoms with Gasteiger partial charge in [-0.1, -0.05) is 0 Å². The summed E-state index contributed by atoms with van der Waals surface area (Å²) in [5, 5.41) is 0.883. The molecule has 0 saturated carbocycles. The van der Waals surface area contributed by atoms with Crippen LogP contribution < -0.4 is 5.43 Å². The van der Waals surface area contributed by atoms with Gasteiger partial charge < -0.3 is 19.1 Å². The van der Waals surface area contributed by atoms with Gasteiger partial charge in [0.05, 0.1) is 26.4 Å². The molecule has 1 N–H and O–H groups in total. The van der Waals surface area contributed by atoms with Crippen LogP contribution in [0, 0.1) is 0 Å². The summed E-state index contributed by atoms with van der Waals surface area (Å²) in [5.41, 5.74) is 3.21. The van der Waals surface area contributed by atoms with Crippen LogP contribution in [0.4, 0.5) is 9.59 Å². The molecule has 2 rings (SSSR count). The van der Waals surface area contributed by atoms with E-state index in [2.05, 4.69) is 5.43 Å². The van der Waals surface area contributed by atoms with E-state index in [-0.39, 0.29) is 24.7 Å². The molecule has 9 heteroatoms. The summed E-state index contributed by atoms with van der Waals surface area (Å²) in [7, 11) is 0. The van der Waals surface area contributed by atoms with E-state index in [4.69, 9.17) is 14.2 Å². The molecule has 2 aliphatic rings. The Morgan fingerprint density at radius 3 is 2.48 bits per heavy atom. The number of carbonyl (C=O) groups is 3. The minimum absolute atomic E-state index is 0.119. The number of hydrogen-bond acceptors (Lipinski definition) is 7. The first-order valence-electron chi connectivity index (χ1n) is 8.57. The minimum atomic E-state index is -0.817. The number of allylic oxidation sites excluding steroid dienone is 2. The maximum Gasteiger partial charge on any atom is 0.433 e. The zero-order valence-corrected chi connectivity index (χ0v) is 14.7. The first-order valence-corrected chi connectivity index (χ1v) is 8.57. The molecule has 0 atom stereocenters. The van der Waals surface area contributed by atoms with Crippen LogP contribution in [-0.2, 0) is 19.0 Å². The van der Waals surface area contributed by atoms with E-state index in [1.54, 1.807) is 13.8 Å². The first kappa shape index (κ1) is 19.0. The van der Waals surface area contributed by atoms with Crippen molar-refractivity contribution in [3.05, 3.63) is 11.4 Å². The van der Waals surface area contributed by atoms with Crippen LogP contribution in [0.2, 0.25) is 0 Å². The van der Waals surface area contributed by atoms with Gasteiger partial charge in [0.2, 0.25) is 0 Å². The number of morpholine rings is 1. The summed E-state index contributed by atoms with van der Waals surface area (Å²) in [6.07, 6.45) is 0.0187. The topological polar surface area (TPSA) is 97.4 Å². The average molecular weight is 355 g/mol. The molecule has 0 radical (unpaired) electrons. The van der Waals surface area contributed by atoms with Crippen LogP contribution in [0.3, 0.4) is 0 Å². The van der Waals surface area contributed by atoms with E-state index >= 15 is 0 Å². The smallest absolute Gasteiger partial charge is 0.433 e. The van der Waals surface area contributed by atoms with Crippen molar-refractivity contribution in [1.82, 2.24) is 15.3 Å². The molecule has 0 aromatic heterocycles. The van der Waals surface area contributed by atoms with E-state index < -0.39 is 12.2 Å². The van der Waals surface area contributed by atoms with Crippen LogP contribution >= 0.6 is 0 Å². The summed E-state index contributed by atoms with van der Waals surface area (Å²) in [6, 6.07) is 0. The Hall–Kier alpha value is -2.29. The molecule has 140 valence electrons. The van der Waals surface area contributed by atoms with Crippen molar-refractivity contribution < 1.29 is 28.6 Å². The van der Waals surface area contributed by atoms with Gasteiger partial charge in [0, 0.05) is 25.2 Å². The molecule has 0 unspecified atom stereocenters. The van der Waals surface area contributed by atoms with Crippen LogP contribution in [0.5, 0.6) is 0 Å². The standard InChI is InChI=1S/C16H25N3O6/c1-3-24-15(21)17-19(16(22)25-4-2)14-12(6-5-7-13(14)20)18-8-10-23-11-9-18/h3-11H2,1-2H3,(H,17,21). The minimum Gasteiger partial charge on any atom is -0.449 e. The number of hydrogen-bond donors (Lipinski definition) is 1. The lowest BCUT2D eigenvalue weighted by Crippen LogP contribution is -2.50. The Morgan fingerprint density at radius 2 is 1.84 bits per heavy atom. The van der Waals surface area contributed by atoms with Crippen LogP contribution in [0.25, 0.3) is 0 Å². The predicted octanol–water partition coefficient (Wildman–Crippen LogP) is 1.40. The lowest BCUT2D eigenvalue weighted by Gasteiger charge is -2.36. The lowest BCUT2D eigenvalue weighted by atomic mass is 9.98. The van der Waals surface area contributed by atoms with Gasteiger partial charge in [-0.05, 0) is 26.7 Å². The van der Waals surface area contributed by atoms with Crippen molar-refractivity contribution in [2.75, 3.05) is 39.5 Å². The maximum atomic E-state index is 12.6. The van der Waals surface area contributed by atoms with E-state index in [9.17, 15) is 14.4 Å². The second kappa shape index (κ2) is 9.26. The van der Waals surface area contributed by atoms with Gasteiger partial charge in [-0.2, -0.15) is 5.01 Å². The number of ether oxygens (including phenoxy) is 3. The molecule has 0 aromatic carbocycles. The zero-order valence-electron chi connectivity index (χ0n) is 14.7. The summed E-state index contributed by atoms with van der Waals surface area (Å²) in [4.78, 5) is 38.8. The summed E-state index contributed by atoms with van der Waals surface area (Å²) >= 11 is 0. The van der Waals surface area contributed by atoms with Crippen LogP contribution in [-0.4, -0.2) is 67.4 Å². The van der Waals surface area contributed by atoms with Gasteiger partial charge in [-0.25, -0.2) is 15.0 Å².